The van der Waals surface area contributed by atoms with Crippen LogP contribution in [0, 0.1) is 5.41 Å². The lowest BCUT2D eigenvalue weighted by Gasteiger charge is -2.23. The third-order valence-electron chi connectivity index (χ3n) is 2.07. The molecule has 0 aliphatic heterocycles. The molecule has 4 nitrogen and oxygen atoms in total. The molecular formula is C8H17NO3. The minimum absolute atomic E-state index is 0.0725. The van der Waals surface area contributed by atoms with Crippen LogP contribution in [-0.4, -0.2) is 35.9 Å². The van der Waals surface area contributed by atoms with Crippen LogP contribution < -0.4 is 5.32 Å². The second-order valence-corrected chi connectivity index (χ2v) is 3.05. The molecule has 3 N–H and O–H groups in total. The molecule has 0 aromatic rings. The number of rotatable bonds is 5. The van der Waals surface area contributed by atoms with E-state index in [1.165, 1.54) is 0 Å². The molecule has 1 atom stereocenters. The van der Waals surface area contributed by atoms with Crippen LogP contribution in [-0.2, 0) is 4.79 Å². The number of carbonyl (C=O) groups is 1. The molecule has 12 heavy (non-hydrogen) atoms. The predicted molar refractivity (Wildman–Crippen MR) is 45.6 cm³/mol. The van der Waals surface area contributed by atoms with Crippen molar-refractivity contribution in [2.75, 3.05) is 19.8 Å². The lowest BCUT2D eigenvalue weighted by molar-refractivity contribution is -0.132. The number of hydrogen-bond donors (Lipinski definition) is 3. The largest absolute Gasteiger partial charge is 0.395 e. The molecule has 0 spiro atoms. The van der Waals surface area contributed by atoms with E-state index in [4.69, 9.17) is 10.2 Å². The normalized spacial score (nSPS) is 15.3. The van der Waals surface area contributed by atoms with Gasteiger partial charge in [-0.3, -0.25) is 4.79 Å². The molecule has 0 saturated heterocycles. The smallest absolute Gasteiger partial charge is 0.228 e. The van der Waals surface area contributed by atoms with E-state index in [1.807, 2.05) is 6.92 Å². The topological polar surface area (TPSA) is 69.6 Å². The molecule has 1 unspecified atom stereocenters. The van der Waals surface area contributed by atoms with Gasteiger partial charge in [0, 0.05) is 6.54 Å². The first-order chi connectivity index (χ1) is 5.60. The van der Waals surface area contributed by atoms with Crippen molar-refractivity contribution in [3.05, 3.63) is 0 Å². The summed E-state index contributed by atoms with van der Waals surface area (Å²) in [5, 5.41) is 19.9. The van der Waals surface area contributed by atoms with Gasteiger partial charge in [0.2, 0.25) is 5.91 Å². The summed E-state index contributed by atoms with van der Waals surface area (Å²) >= 11 is 0. The molecule has 0 fully saturated rings. The summed E-state index contributed by atoms with van der Waals surface area (Å²) in [4.78, 5) is 11.3. The van der Waals surface area contributed by atoms with Gasteiger partial charge in [-0.05, 0) is 13.3 Å². The summed E-state index contributed by atoms with van der Waals surface area (Å²) in [7, 11) is 0. The van der Waals surface area contributed by atoms with Crippen molar-refractivity contribution in [3.8, 4) is 0 Å². The first-order valence-corrected chi connectivity index (χ1v) is 4.10. The third-order valence-corrected chi connectivity index (χ3v) is 2.07. The van der Waals surface area contributed by atoms with Gasteiger partial charge in [-0.25, -0.2) is 0 Å². The van der Waals surface area contributed by atoms with E-state index in [9.17, 15) is 4.79 Å². The van der Waals surface area contributed by atoms with Gasteiger partial charge < -0.3 is 15.5 Å². The zero-order chi connectivity index (χ0) is 9.61. The van der Waals surface area contributed by atoms with Gasteiger partial charge in [-0.15, -0.1) is 0 Å². The van der Waals surface area contributed by atoms with Crippen LogP contribution in [0.15, 0.2) is 0 Å². The predicted octanol–water partition coefficient (Wildman–Crippen LogP) is -0.497. The average molecular weight is 175 g/mol. The van der Waals surface area contributed by atoms with Crippen LogP contribution in [0.25, 0.3) is 0 Å². The Hall–Kier alpha value is -0.610. The summed E-state index contributed by atoms with van der Waals surface area (Å²) in [5.74, 6) is -0.207. The van der Waals surface area contributed by atoms with Gasteiger partial charge in [0.05, 0.1) is 18.6 Å². The van der Waals surface area contributed by atoms with Crippen molar-refractivity contribution < 1.29 is 15.0 Å². The van der Waals surface area contributed by atoms with Gasteiger partial charge in [0.15, 0.2) is 0 Å². The lowest BCUT2D eigenvalue weighted by atomic mass is 9.87. The van der Waals surface area contributed by atoms with Crippen LogP contribution in [0.2, 0.25) is 0 Å². The maximum absolute atomic E-state index is 11.3. The summed E-state index contributed by atoms with van der Waals surface area (Å²) in [6.45, 7) is 3.54. The highest BCUT2D eigenvalue weighted by atomic mass is 16.3. The molecule has 4 heteroatoms. The Labute approximate surface area is 72.6 Å². The maximum atomic E-state index is 11.3. The Balaban J connectivity index is 4.03. The molecule has 0 radical (unpaired) electrons. The SMILES string of the molecule is CCC(C)(CO)C(=O)NCCO. The average Bonchev–Trinajstić information content (AvgIpc) is 2.12. The molecule has 72 valence electrons. The molecule has 0 saturated carbocycles. The molecule has 1 amide bonds. The van der Waals surface area contributed by atoms with Crippen LogP contribution in [0.1, 0.15) is 20.3 Å². The molecule has 0 aromatic heterocycles. The fourth-order valence-corrected chi connectivity index (χ4v) is 0.727. The summed E-state index contributed by atoms with van der Waals surface area (Å²) in [6.07, 6.45) is 0.584. The fraction of sp³-hybridized carbons (Fsp3) is 0.875. The van der Waals surface area contributed by atoms with Gasteiger partial charge in [0.25, 0.3) is 0 Å². The van der Waals surface area contributed by atoms with Crippen LogP contribution in [0.4, 0.5) is 0 Å². The second kappa shape index (κ2) is 5.11. The summed E-state index contributed by atoms with van der Waals surface area (Å²) < 4.78 is 0. The van der Waals surface area contributed by atoms with Gasteiger partial charge >= 0.3 is 0 Å². The number of carbonyl (C=O) groups excluding carboxylic acids is 1. The molecule has 0 aliphatic rings. The number of aliphatic hydroxyl groups excluding tert-OH is 2. The number of amides is 1. The molecule has 0 rings (SSSR count). The molecule has 0 heterocycles. The first kappa shape index (κ1) is 11.4. The van der Waals surface area contributed by atoms with Gasteiger partial charge in [0.1, 0.15) is 0 Å². The van der Waals surface area contributed by atoms with E-state index in [0.717, 1.165) is 0 Å². The Morgan fingerprint density at radius 2 is 2.08 bits per heavy atom. The Morgan fingerprint density at radius 1 is 1.50 bits per heavy atom. The van der Waals surface area contributed by atoms with E-state index in [0.29, 0.717) is 6.42 Å². The zero-order valence-electron chi connectivity index (χ0n) is 7.63. The van der Waals surface area contributed by atoms with Crippen LogP contribution in [0.5, 0.6) is 0 Å². The van der Waals surface area contributed by atoms with Crippen molar-refractivity contribution in [2.45, 2.75) is 20.3 Å². The zero-order valence-corrected chi connectivity index (χ0v) is 7.63. The molecule has 0 bridgehead atoms. The maximum Gasteiger partial charge on any atom is 0.228 e. The summed E-state index contributed by atoms with van der Waals surface area (Å²) in [6, 6.07) is 0. The molecule has 0 aliphatic carbocycles. The van der Waals surface area contributed by atoms with Crippen molar-refractivity contribution in [3.63, 3.8) is 0 Å². The number of nitrogens with one attached hydrogen (secondary N) is 1. The Morgan fingerprint density at radius 3 is 2.42 bits per heavy atom. The van der Waals surface area contributed by atoms with E-state index in [1.54, 1.807) is 6.92 Å². The van der Waals surface area contributed by atoms with Crippen molar-refractivity contribution in [1.29, 1.82) is 0 Å². The van der Waals surface area contributed by atoms with Crippen LogP contribution >= 0.6 is 0 Å². The quantitative estimate of drug-likeness (QED) is 0.528. The first-order valence-electron chi connectivity index (χ1n) is 4.10. The molecule has 0 aromatic carbocycles. The second-order valence-electron chi connectivity index (χ2n) is 3.05. The Kier molecular flexibility index (Phi) is 4.85. The van der Waals surface area contributed by atoms with Crippen molar-refractivity contribution in [1.82, 2.24) is 5.32 Å². The highest BCUT2D eigenvalue weighted by molar-refractivity contribution is 5.82. The minimum Gasteiger partial charge on any atom is -0.395 e. The van der Waals surface area contributed by atoms with Crippen molar-refractivity contribution >= 4 is 5.91 Å². The lowest BCUT2D eigenvalue weighted by Crippen LogP contribution is -2.42. The highest BCUT2D eigenvalue weighted by Crippen LogP contribution is 2.19. The standard InChI is InChI=1S/C8H17NO3/c1-3-8(2,6-11)7(12)9-4-5-10/h10-11H,3-6H2,1-2H3,(H,9,12). The van der Waals surface area contributed by atoms with E-state index in [-0.39, 0.29) is 25.7 Å². The monoisotopic (exact) mass is 175 g/mol. The minimum atomic E-state index is -0.713. The summed E-state index contributed by atoms with van der Waals surface area (Å²) in [5.41, 5.74) is -0.713. The molecular weight excluding hydrogens is 158 g/mol. The van der Waals surface area contributed by atoms with Crippen LogP contribution in [0.3, 0.4) is 0 Å². The van der Waals surface area contributed by atoms with Gasteiger partial charge in [-0.2, -0.15) is 0 Å². The van der Waals surface area contributed by atoms with Gasteiger partial charge in [-0.1, -0.05) is 6.92 Å². The number of hydrogen-bond acceptors (Lipinski definition) is 3. The third kappa shape index (κ3) is 2.79. The van der Waals surface area contributed by atoms with Crippen molar-refractivity contribution in [2.24, 2.45) is 5.41 Å². The van der Waals surface area contributed by atoms with E-state index in [2.05, 4.69) is 5.32 Å². The van der Waals surface area contributed by atoms with E-state index >= 15 is 0 Å². The Bertz CT molecular complexity index is 143. The highest BCUT2D eigenvalue weighted by Gasteiger charge is 2.29. The van der Waals surface area contributed by atoms with E-state index < -0.39 is 5.41 Å². The number of aliphatic hydroxyl groups is 2. The fourth-order valence-electron chi connectivity index (χ4n) is 0.727.